The molecular formula is C11H17N3S2. The lowest BCUT2D eigenvalue weighted by Gasteiger charge is -2.05. The predicted molar refractivity (Wildman–Crippen MR) is 79.1 cm³/mol. The van der Waals surface area contributed by atoms with Gasteiger partial charge >= 0.3 is 0 Å². The molecule has 0 saturated carbocycles. The van der Waals surface area contributed by atoms with Crippen molar-refractivity contribution in [3.8, 4) is 0 Å². The van der Waals surface area contributed by atoms with Crippen molar-refractivity contribution in [1.29, 1.82) is 0 Å². The summed E-state index contributed by atoms with van der Waals surface area (Å²) in [5.74, 6) is 0. The molecule has 1 aromatic rings. The Labute approximate surface area is 108 Å². The van der Waals surface area contributed by atoms with Crippen molar-refractivity contribution < 1.29 is 0 Å². The summed E-state index contributed by atoms with van der Waals surface area (Å²) in [6.45, 7) is 1.84. The molecule has 0 unspecified atom stereocenters. The van der Waals surface area contributed by atoms with E-state index in [0.717, 1.165) is 10.7 Å². The van der Waals surface area contributed by atoms with Crippen LogP contribution in [0.2, 0.25) is 0 Å². The van der Waals surface area contributed by atoms with Crippen molar-refractivity contribution in [2.45, 2.75) is 6.92 Å². The SMILES string of the molecule is CNC(=S)Nc1ccccc1.CNC(C)=S. The van der Waals surface area contributed by atoms with Gasteiger partial charge in [0.1, 0.15) is 0 Å². The Balaban J connectivity index is 0.000000385. The van der Waals surface area contributed by atoms with Crippen LogP contribution in [0, 0.1) is 0 Å². The predicted octanol–water partition coefficient (Wildman–Crippen LogP) is 2.16. The molecule has 0 bridgehead atoms. The molecule has 1 aromatic carbocycles. The van der Waals surface area contributed by atoms with E-state index in [1.54, 1.807) is 7.05 Å². The first-order valence-electron chi connectivity index (χ1n) is 4.82. The van der Waals surface area contributed by atoms with Gasteiger partial charge in [-0.15, -0.1) is 0 Å². The van der Waals surface area contributed by atoms with E-state index in [4.69, 9.17) is 12.2 Å². The normalized spacial score (nSPS) is 8.19. The molecule has 0 aromatic heterocycles. The second-order valence-corrected chi connectivity index (χ2v) is 3.90. The van der Waals surface area contributed by atoms with Crippen LogP contribution in [0.3, 0.4) is 0 Å². The minimum atomic E-state index is 0.635. The number of rotatable bonds is 1. The fraction of sp³-hybridized carbons (Fsp3) is 0.273. The number of thiocarbonyl (C=S) groups is 2. The molecule has 5 heteroatoms. The van der Waals surface area contributed by atoms with E-state index in [2.05, 4.69) is 28.2 Å². The van der Waals surface area contributed by atoms with E-state index in [1.807, 2.05) is 44.3 Å². The standard InChI is InChI=1S/C8H10N2S.C3H7NS/c1-9-8(11)10-7-5-3-2-4-6-7;1-3(5)4-2/h2-6H,1H3,(H2,9,10,11);1-2H3,(H,4,5). The molecule has 88 valence electrons. The van der Waals surface area contributed by atoms with E-state index in [0.29, 0.717) is 5.11 Å². The van der Waals surface area contributed by atoms with Crippen molar-refractivity contribution in [1.82, 2.24) is 10.6 Å². The van der Waals surface area contributed by atoms with Crippen LogP contribution in [-0.4, -0.2) is 24.2 Å². The summed E-state index contributed by atoms with van der Waals surface area (Å²) in [5, 5.41) is 9.24. The summed E-state index contributed by atoms with van der Waals surface area (Å²) in [4.78, 5) is 0.838. The third-order valence-electron chi connectivity index (χ3n) is 1.61. The van der Waals surface area contributed by atoms with Gasteiger partial charge in [-0.3, -0.25) is 0 Å². The Morgan fingerprint density at radius 1 is 1.00 bits per heavy atom. The first-order chi connectivity index (χ1) is 7.60. The molecule has 0 radical (unpaired) electrons. The molecule has 0 heterocycles. The fourth-order valence-electron chi connectivity index (χ4n) is 0.715. The Bertz CT molecular complexity index is 325. The van der Waals surface area contributed by atoms with Crippen LogP contribution < -0.4 is 16.0 Å². The third-order valence-corrected chi connectivity index (χ3v) is 2.12. The molecule has 0 fully saturated rings. The van der Waals surface area contributed by atoms with Crippen molar-refractivity contribution in [3.05, 3.63) is 30.3 Å². The van der Waals surface area contributed by atoms with E-state index in [1.165, 1.54) is 0 Å². The van der Waals surface area contributed by atoms with E-state index in [9.17, 15) is 0 Å². The Morgan fingerprint density at radius 3 is 1.88 bits per heavy atom. The lowest BCUT2D eigenvalue weighted by molar-refractivity contribution is 1.20. The largest absolute Gasteiger partial charge is 0.383 e. The highest BCUT2D eigenvalue weighted by Crippen LogP contribution is 2.03. The third kappa shape index (κ3) is 8.14. The molecule has 0 spiro atoms. The van der Waals surface area contributed by atoms with Crippen molar-refractivity contribution in [3.63, 3.8) is 0 Å². The summed E-state index contributed by atoms with van der Waals surface area (Å²) < 4.78 is 0. The zero-order chi connectivity index (χ0) is 12.4. The molecule has 3 nitrogen and oxygen atoms in total. The van der Waals surface area contributed by atoms with Crippen molar-refractivity contribution >= 4 is 40.2 Å². The Kier molecular flexibility index (Phi) is 8.38. The summed E-state index contributed by atoms with van der Waals surface area (Å²) in [5.41, 5.74) is 1.01. The molecule has 0 aliphatic heterocycles. The van der Waals surface area contributed by atoms with Gasteiger partial charge in [-0.2, -0.15) is 0 Å². The molecule has 0 amide bonds. The van der Waals surface area contributed by atoms with Crippen LogP contribution in [0.25, 0.3) is 0 Å². The molecular weight excluding hydrogens is 238 g/mol. The molecule has 16 heavy (non-hydrogen) atoms. The average molecular weight is 255 g/mol. The monoisotopic (exact) mass is 255 g/mol. The highest BCUT2D eigenvalue weighted by Gasteiger charge is 1.90. The van der Waals surface area contributed by atoms with Gasteiger partial charge < -0.3 is 16.0 Å². The van der Waals surface area contributed by atoms with E-state index in [-0.39, 0.29) is 0 Å². The maximum atomic E-state index is 4.92. The van der Waals surface area contributed by atoms with Gasteiger partial charge in [0.25, 0.3) is 0 Å². The second-order valence-electron chi connectivity index (χ2n) is 2.88. The number of benzene rings is 1. The lowest BCUT2D eigenvalue weighted by atomic mass is 10.3. The first-order valence-corrected chi connectivity index (χ1v) is 5.64. The van der Waals surface area contributed by atoms with Gasteiger partial charge in [0.2, 0.25) is 0 Å². The zero-order valence-corrected chi connectivity index (χ0v) is 11.3. The summed E-state index contributed by atoms with van der Waals surface area (Å²) in [6, 6.07) is 9.81. The van der Waals surface area contributed by atoms with Gasteiger partial charge in [0.15, 0.2) is 5.11 Å². The minimum absolute atomic E-state index is 0.635. The highest BCUT2D eigenvalue weighted by atomic mass is 32.1. The quantitative estimate of drug-likeness (QED) is 0.670. The zero-order valence-electron chi connectivity index (χ0n) is 9.70. The number of hydrogen-bond acceptors (Lipinski definition) is 2. The molecule has 3 N–H and O–H groups in total. The molecule has 0 saturated heterocycles. The van der Waals surface area contributed by atoms with Gasteiger partial charge in [-0.25, -0.2) is 0 Å². The fourth-order valence-corrected chi connectivity index (χ4v) is 0.833. The lowest BCUT2D eigenvalue weighted by Crippen LogP contribution is -2.23. The van der Waals surface area contributed by atoms with E-state index < -0.39 is 0 Å². The molecule has 0 aliphatic carbocycles. The Hall–Kier alpha value is -1.20. The van der Waals surface area contributed by atoms with Crippen molar-refractivity contribution in [2.24, 2.45) is 0 Å². The number of nitrogens with one attached hydrogen (secondary N) is 3. The van der Waals surface area contributed by atoms with Crippen LogP contribution in [0.4, 0.5) is 5.69 Å². The summed E-state index contributed by atoms with van der Waals surface area (Å²) in [7, 11) is 3.60. The van der Waals surface area contributed by atoms with Crippen molar-refractivity contribution in [2.75, 3.05) is 19.4 Å². The first kappa shape index (κ1) is 14.8. The summed E-state index contributed by atoms with van der Waals surface area (Å²) in [6.07, 6.45) is 0. The Morgan fingerprint density at radius 2 is 1.50 bits per heavy atom. The minimum Gasteiger partial charge on any atom is -0.383 e. The topological polar surface area (TPSA) is 36.1 Å². The van der Waals surface area contributed by atoms with Crippen LogP contribution in [0.5, 0.6) is 0 Å². The van der Waals surface area contributed by atoms with Gasteiger partial charge in [-0.05, 0) is 31.3 Å². The van der Waals surface area contributed by atoms with Gasteiger partial charge in [-0.1, -0.05) is 30.4 Å². The number of para-hydroxylation sites is 1. The highest BCUT2D eigenvalue weighted by molar-refractivity contribution is 7.80. The smallest absolute Gasteiger partial charge is 0.170 e. The van der Waals surface area contributed by atoms with E-state index >= 15 is 0 Å². The van der Waals surface area contributed by atoms with Crippen LogP contribution in [0.1, 0.15) is 6.92 Å². The molecule has 0 atom stereocenters. The molecule has 1 rings (SSSR count). The van der Waals surface area contributed by atoms with Gasteiger partial charge in [0, 0.05) is 19.8 Å². The van der Waals surface area contributed by atoms with Crippen LogP contribution in [-0.2, 0) is 0 Å². The maximum Gasteiger partial charge on any atom is 0.170 e. The maximum absolute atomic E-state index is 4.92. The number of anilines is 1. The number of hydrogen-bond donors (Lipinski definition) is 3. The van der Waals surface area contributed by atoms with Gasteiger partial charge in [0.05, 0.1) is 4.99 Å². The second kappa shape index (κ2) is 9.06. The summed E-state index contributed by atoms with van der Waals surface area (Å²) >= 11 is 9.50. The molecule has 0 aliphatic rings. The van der Waals surface area contributed by atoms with Crippen LogP contribution in [0.15, 0.2) is 30.3 Å². The average Bonchev–Trinajstić information content (AvgIpc) is 2.31. The van der Waals surface area contributed by atoms with Crippen LogP contribution >= 0.6 is 24.4 Å².